The fourth-order valence-corrected chi connectivity index (χ4v) is 1.90. The number of anilines is 1. The van der Waals surface area contributed by atoms with Crippen molar-refractivity contribution in [2.75, 3.05) is 11.9 Å². The number of benzene rings is 1. The van der Waals surface area contributed by atoms with Gasteiger partial charge in [0, 0.05) is 24.6 Å². The van der Waals surface area contributed by atoms with Crippen LogP contribution in [0.15, 0.2) is 42.7 Å². The first-order valence-electron chi connectivity index (χ1n) is 6.58. The lowest BCUT2D eigenvalue weighted by molar-refractivity contribution is -0.116. The van der Waals surface area contributed by atoms with E-state index in [4.69, 9.17) is 0 Å². The van der Waals surface area contributed by atoms with Crippen molar-refractivity contribution in [2.45, 2.75) is 20.0 Å². The summed E-state index contributed by atoms with van der Waals surface area (Å²) < 4.78 is 14.8. The van der Waals surface area contributed by atoms with Crippen molar-refractivity contribution >= 4 is 11.6 Å². The zero-order valence-corrected chi connectivity index (χ0v) is 11.4. The summed E-state index contributed by atoms with van der Waals surface area (Å²) in [4.78, 5) is 11.8. The molecular formula is C15H18FN3O. The number of aromatic nitrogens is 1. The molecule has 0 aliphatic heterocycles. The van der Waals surface area contributed by atoms with E-state index in [2.05, 4.69) is 10.6 Å². The molecule has 0 aliphatic rings. The van der Waals surface area contributed by atoms with Crippen molar-refractivity contribution in [1.82, 2.24) is 9.88 Å². The van der Waals surface area contributed by atoms with Crippen LogP contribution in [0, 0.1) is 5.82 Å². The summed E-state index contributed by atoms with van der Waals surface area (Å²) in [5.41, 5.74) is 1.60. The first-order chi connectivity index (χ1) is 9.67. The van der Waals surface area contributed by atoms with Crippen LogP contribution in [0.1, 0.15) is 12.5 Å². The maximum absolute atomic E-state index is 13.0. The van der Waals surface area contributed by atoms with E-state index in [1.807, 2.05) is 25.4 Å². The Labute approximate surface area is 117 Å². The van der Waals surface area contributed by atoms with Gasteiger partial charge in [0.1, 0.15) is 12.4 Å². The molecule has 0 fully saturated rings. The van der Waals surface area contributed by atoms with Crippen LogP contribution in [0.5, 0.6) is 0 Å². The Balaban J connectivity index is 1.89. The molecule has 106 valence electrons. The van der Waals surface area contributed by atoms with Crippen LogP contribution in [0.2, 0.25) is 0 Å². The van der Waals surface area contributed by atoms with E-state index in [-0.39, 0.29) is 18.3 Å². The quantitative estimate of drug-likeness (QED) is 0.850. The van der Waals surface area contributed by atoms with Crippen LogP contribution in [0.4, 0.5) is 10.1 Å². The molecule has 0 saturated carbocycles. The molecule has 20 heavy (non-hydrogen) atoms. The predicted molar refractivity (Wildman–Crippen MR) is 76.8 cm³/mol. The third-order valence-corrected chi connectivity index (χ3v) is 2.83. The summed E-state index contributed by atoms with van der Waals surface area (Å²) in [6.07, 6.45) is 3.78. The third kappa shape index (κ3) is 4.20. The molecule has 0 radical (unpaired) electrons. The highest BCUT2D eigenvalue weighted by Gasteiger charge is 2.05. The molecule has 1 heterocycles. The molecule has 0 saturated heterocycles. The van der Waals surface area contributed by atoms with E-state index in [1.165, 1.54) is 12.1 Å². The Morgan fingerprint density at radius 2 is 2.20 bits per heavy atom. The molecular weight excluding hydrogens is 257 g/mol. The van der Waals surface area contributed by atoms with Gasteiger partial charge in [-0.2, -0.15) is 0 Å². The largest absolute Gasteiger partial charge is 0.345 e. The molecule has 5 heteroatoms. The zero-order valence-electron chi connectivity index (χ0n) is 11.4. The number of nitrogens with one attached hydrogen (secondary N) is 2. The van der Waals surface area contributed by atoms with Gasteiger partial charge in [-0.1, -0.05) is 13.0 Å². The van der Waals surface area contributed by atoms with Gasteiger partial charge in [0.2, 0.25) is 5.91 Å². The van der Waals surface area contributed by atoms with Crippen molar-refractivity contribution in [1.29, 1.82) is 0 Å². The summed E-state index contributed by atoms with van der Waals surface area (Å²) in [7, 11) is 0. The van der Waals surface area contributed by atoms with Gasteiger partial charge in [0.15, 0.2) is 0 Å². The Kier molecular flexibility index (Phi) is 4.90. The van der Waals surface area contributed by atoms with Crippen molar-refractivity contribution < 1.29 is 9.18 Å². The lowest BCUT2D eigenvalue weighted by Gasteiger charge is -2.06. The highest BCUT2D eigenvalue weighted by Crippen LogP contribution is 2.09. The molecule has 1 aromatic heterocycles. The minimum Gasteiger partial charge on any atom is -0.345 e. The minimum atomic E-state index is -0.364. The van der Waals surface area contributed by atoms with Gasteiger partial charge in [-0.05, 0) is 36.4 Å². The van der Waals surface area contributed by atoms with E-state index in [0.717, 1.165) is 18.7 Å². The van der Waals surface area contributed by atoms with Gasteiger partial charge in [0.05, 0.1) is 0 Å². The standard InChI is InChI=1S/C15H18FN3O/c1-2-17-9-12-6-7-19(10-12)11-15(20)18-14-5-3-4-13(16)8-14/h3-8,10,17H,2,9,11H2,1H3,(H,18,20). The fraction of sp³-hybridized carbons (Fsp3) is 0.267. The van der Waals surface area contributed by atoms with Crippen LogP contribution < -0.4 is 10.6 Å². The summed E-state index contributed by atoms with van der Waals surface area (Å²) in [5.74, 6) is -0.544. The molecule has 2 rings (SSSR count). The normalized spacial score (nSPS) is 10.5. The topological polar surface area (TPSA) is 46.1 Å². The second-order valence-corrected chi connectivity index (χ2v) is 4.53. The lowest BCUT2D eigenvalue weighted by atomic mass is 10.3. The predicted octanol–water partition coefficient (Wildman–Crippen LogP) is 2.38. The smallest absolute Gasteiger partial charge is 0.244 e. The maximum Gasteiger partial charge on any atom is 0.244 e. The van der Waals surface area contributed by atoms with Crippen LogP contribution in [-0.2, 0) is 17.9 Å². The van der Waals surface area contributed by atoms with E-state index in [0.29, 0.717) is 5.69 Å². The second kappa shape index (κ2) is 6.86. The highest BCUT2D eigenvalue weighted by atomic mass is 19.1. The highest BCUT2D eigenvalue weighted by molar-refractivity contribution is 5.90. The fourth-order valence-electron chi connectivity index (χ4n) is 1.90. The van der Waals surface area contributed by atoms with Gasteiger partial charge in [-0.3, -0.25) is 4.79 Å². The molecule has 0 aliphatic carbocycles. The number of nitrogens with zero attached hydrogens (tertiary/aromatic N) is 1. The van der Waals surface area contributed by atoms with Crippen LogP contribution in [0.3, 0.4) is 0 Å². The van der Waals surface area contributed by atoms with E-state index >= 15 is 0 Å². The number of carbonyl (C=O) groups is 1. The van der Waals surface area contributed by atoms with Crippen molar-refractivity contribution in [3.05, 3.63) is 54.1 Å². The van der Waals surface area contributed by atoms with Gasteiger partial charge >= 0.3 is 0 Å². The SMILES string of the molecule is CCNCc1ccn(CC(=O)Nc2cccc(F)c2)c1. The second-order valence-electron chi connectivity index (χ2n) is 4.53. The Bertz CT molecular complexity index is 580. The van der Waals surface area contributed by atoms with Gasteiger partial charge in [-0.25, -0.2) is 4.39 Å². The molecule has 1 amide bonds. The molecule has 0 bridgehead atoms. The first-order valence-corrected chi connectivity index (χ1v) is 6.58. The van der Waals surface area contributed by atoms with Crippen LogP contribution >= 0.6 is 0 Å². The zero-order chi connectivity index (χ0) is 14.4. The van der Waals surface area contributed by atoms with E-state index < -0.39 is 0 Å². The monoisotopic (exact) mass is 275 g/mol. The summed E-state index contributed by atoms with van der Waals surface area (Å²) in [5, 5.41) is 5.89. The number of hydrogen-bond donors (Lipinski definition) is 2. The number of hydrogen-bond acceptors (Lipinski definition) is 2. The number of rotatable bonds is 6. The minimum absolute atomic E-state index is 0.179. The van der Waals surface area contributed by atoms with Crippen LogP contribution in [0.25, 0.3) is 0 Å². The van der Waals surface area contributed by atoms with Crippen LogP contribution in [-0.4, -0.2) is 17.0 Å². The third-order valence-electron chi connectivity index (χ3n) is 2.83. The van der Waals surface area contributed by atoms with Gasteiger partial charge in [-0.15, -0.1) is 0 Å². The lowest BCUT2D eigenvalue weighted by Crippen LogP contribution is -2.18. The molecule has 1 aromatic carbocycles. The average Bonchev–Trinajstić information content (AvgIpc) is 2.83. The summed E-state index contributed by atoms with van der Waals surface area (Å²) in [6, 6.07) is 7.83. The van der Waals surface area contributed by atoms with Crippen molar-refractivity contribution in [3.63, 3.8) is 0 Å². The molecule has 2 aromatic rings. The summed E-state index contributed by atoms with van der Waals surface area (Å²) in [6.45, 7) is 3.95. The van der Waals surface area contributed by atoms with Gasteiger partial charge in [0.25, 0.3) is 0 Å². The van der Waals surface area contributed by atoms with Gasteiger partial charge < -0.3 is 15.2 Å². The number of halogens is 1. The number of carbonyl (C=O) groups excluding carboxylic acids is 1. The maximum atomic E-state index is 13.0. The Morgan fingerprint density at radius 3 is 2.95 bits per heavy atom. The molecule has 4 nitrogen and oxygen atoms in total. The van der Waals surface area contributed by atoms with E-state index in [9.17, 15) is 9.18 Å². The van der Waals surface area contributed by atoms with E-state index in [1.54, 1.807) is 16.7 Å². The molecule has 2 N–H and O–H groups in total. The molecule has 0 unspecified atom stereocenters. The van der Waals surface area contributed by atoms with Crippen molar-refractivity contribution in [3.8, 4) is 0 Å². The van der Waals surface area contributed by atoms with Crippen molar-refractivity contribution in [2.24, 2.45) is 0 Å². The average molecular weight is 275 g/mol. The number of amides is 1. The first kappa shape index (κ1) is 14.3. The molecule has 0 atom stereocenters. The Hall–Kier alpha value is -2.14. The summed E-state index contributed by atoms with van der Waals surface area (Å²) >= 11 is 0. The molecule has 0 spiro atoms. The Morgan fingerprint density at radius 1 is 1.35 bits per heavy atom.